The lowest BCUT2D eigenvalue weighted by Gasteiger charge is -2.37. The molecule has 1 aliphatic heterocycles. The topological polar surface area (TPSA) is 0 Å². The fourth-order valence-electron chi connectivity index (χ4n) is 5.37. The standard InChI is InChI=1S/C27H24BFSi/c1-19-17-20(2)27(21(3)18-19)28-23-13-7-9-15-25(23)30(29,22-11-5-4-6-12-22)26-16-10-8-14-24(26)28/h4-18H,1-3H3. The molecule has 4 aromatic rings. The minimum Gasteiger partial charge on any atom is -0.296 e. The van der Waals surface area contributed by atoms with Crippen LogP contribution in [-0.4, -0.2) is 15.1 Å². The van der Waals surface area contributed by atoms with Crippen LogP contribution in [0.2, 0.25) is 0 Å². The van der Waals surface area contributed by atoms with E-state index in [1.165, 1.54) is 22.2 Å². The summed E-state index contributed by atoms with van der Waals surface area (Å²) in [5.74, 6) is 0. The Morgan fingerprint density at radius 1 is 0.633 bits per heavy atom. The smallest absolute Gasteiger partial charge is 0.296 e. The Kier molecular flexibility index (Phi) is 4.52. The molecule has 1 aliphatic rings. The van der Waals surface area contributed by atoms with E-state index < -0.39 is 8.41 Å². The lowest BCUT2D eigenvalue weighted by molar-refractivity contribution is 0.842. The van der Waals surface area contributed by atoms with Crippen LogP contribution in [0.25, 0.3) is 0 Å². The summed E-state index contributed by atoms with van der Waals surface area (Å²) in [6.45, 7) is 6.57. The highest BCUT2D eigenvalue weighted by atomic mass is 28.4. The van der Waals surface area contributed by atoms with Gasteiger partial charge in [-0.3, -0.25) is 4.11 Å². The summed E-state index contributed by atoms with van der Waals surface area (Å²) < 4.78 is 17.4. The SMILES string of the molecule is Cc1cc(C)c(B2c3ccccc3[Si](F)(c3ccccc3)c3ccccc32)c(C)c1. The van der Waals surface area contributed by atoms with Gasteiger partial charge < -0.3 is 0 Å². The van der Waals surface area contributed by atoms with Gasteiger partial charge in [-0.15, -0.1) is 0 Å². The molecule has 0 saturated carbocycles. The second kappa shape index (κ2) is 7.10. The summed E-state index contributed by atoms with van der Waals surface area (Å²) in [7, 11) is -3.57. The van der Waals surface area contributed by atoms with Crippen molar-refractivity contribution in [2.75, 3.05) is 0 Å². The van der Waals surface area contributed by atoms with Crippen molar-refractivity contribution in [3.8, 4) is 0 Å². The highest BCUT2D eigenvalue weighted by Gasteiger charge is 2.50. The highest BCUT2D eigenvalue weighted by molar-refractivity contribution is 7.17. The van der Waals surface area contributed by atoms with Crippen LogP contribution in [-0.2, 0) is 0 Å². The monoisotopic (exact) mass is 406 g/mol. The molecule has 0 spiro atoms. The first kappa shape index (κ1) is 19.1. The molecule has 0 unspecified atom stereocenters. The van der Waals surface area contributed by atoms with Crippen LogP contribution in [0, 0.1) is 20.8 Å². The predicted octanol–water partition coefficient (Wildman–Crippen LogP) is 2.38. The van der Waals surface area contributed by atoms with Gasteiger partial charge in [-0.05, 0) is 36.3 Å². The van der Waals surface area contributed by atoms with E-state index in [1.54, 1.807) is 0 Å². The Hall–Kier alpha value is -2.91. The van der Waals surface area contributed by atoms with E-state index in [-0.39, 0.29) is 6.71 Å². The Bertz CT molecular complexity index is 1180. The van der Waals surface area contributed by atoms with Crippen LogP contribution in [0.4, 0.5) is 4.11 Å². The predicted molar refractivity (Wildman–Crippen MR) is 130 cm³/mol. The van der Waals surface area contributed by atoms with Crippen LogP contribution in [0.1, 0.15) is 16.7 Å². The van der Waals surface area contributed by atoms with E-state index >= 15 is 4.11 Å². The molecule has 0 N–H and O–H groups in total. The highest BCUT2D eigenvalue weighted by Crippen LogP contribution is 2.14. The molecular weight excluding hydrogens is 382 g/mol. The quantitative estimate of drug-likeness (QED) is 0.354. The molecule has 0 amide bonds. The summed E-state index contributed by atoms with van der Waals surface area (Å²) >= 11 is 0. The van der Waals surface area contributed by atoms with Crippen LogP contribution in [0.15, 0.2) is 91.0 Å². The van der Waals surface area contributed by atoms with Crippen molar-refractivity contribution >= 4 is 47.1 Å². The van der Waals surface area contributed by atoms with Crippen molar-refractivity contribution in [2.24, 2.45) is 0 Å². The zero-order valence-electron chi connectivity index (χ0n) is 17.6. The first-order chi connectivity index (χ1) is 14.5. The Labute approximate surface area is 179 Å². The van der Waals surface area contributed by atoms with Gasteiger partial charge in [0.15, 0.2) is 0 Å². The second-order valence-electron chi connectivity index (χ2n) is 8.44. The maximum absolute atomic E-state index is 17.4. The van der Waals surface area contributed by atoms with E-state index in [9.17, 15) is 0 Å². The van der Waals surface area contributed by atoms with Gasteiger partial charge in [-0.1, -0.05) is 124 Å². The summed E-state index contributed by atoms with van der Waals surface area (Å²) in [5.41, 5.74) is 7.35. The fourth-order valence-corrected chi connectivity index (χ4v) is 8.84. The molecule has 30 heavy (non-hydrogen) atoms. The number of hydrogen-bond acceptors (Lipinski definition) is 0. The molecule has 3 heteroatoms. The van der Waals surface area contributed by atoms with Gasteiger partial charge in [0, 0.05) is 0 Å². The van der Waals surface area contributed by atoms with Crippen molar-refractivity contribution in [1.82, 2.24) is 0 Å². The third-order valence-electron chi connectivity index (χ3n) is 6.48. The molecule has 146 valence electrons. The van der Waals surface area contributed by atoms with E-state index in [1.807, 2.05) is 54.6 Å². The molecule has 0 bridgehead atoms. The number of benzene rings is 4. The zero-order valence-corrected chi connectivity index (χ0v) is 18.6. The fraction of sp³-hybridized carbons (Fsp3) is 0.111. The van der Waals surface area contributed by atoms with Crippen molar-refractivity contribution in [3.05, 3.63) is 108 Å². The lowest BCUT2D eigenvalue weighted by atomic mass is 9.35. The van der Waals surface area contributed by atoms with Gasteiger partial charge in [0.05, 0.1) is 0 Å². The molecule has 5 rings (SSSR count). The maximum atomic E-state index is 17.4. The molecule has 0 radical (unpaired) electrons. The first-order valence-corrected chi connectivity index (χ1v) is 12.4. The molecule has 0 saturated heterocycles. The molecule has 0 fully saturated rings. The second-order valence-corrected chi connectivity index (χ2v) is 11.4. The van der Waals surface area contributed by atoms with Crippen molar-refractivity contribution < 1.29 is 4.11 Å². The largest absolute Gasteiger partial charge is 0.338 e. The van der Waals surface area contributed by atoms with Gasteiger partial charge in [0.25, 0.3) is 0 Å². The van der Waals surface area contributed by atoms with Crippen LogP contribution < -0.4 is 31.9 Å². The molecule has 4 aromatic carbocycles. The number of aryl methyl sites for hydroxylation is 3. The summed E-state index contributed by atoms with van der Waals surface area (Å²) in [6, 6.07) is 30.7. The third kappa shape index (κ3) is 2.73. The molecular formula is C27H24BFSi. The first-order valence-electron chi connectivity index (χ1n) is 10.5. The molecule has 0 aliphatic carbocycles. The van der Waals surface area contributed by atoms with Gasteiger partial charge >= 0.3 is 8.41 Å². The minimum absolute atomic E-state index is 0.0538. The lowest BCUT2D eigenvalue weighted by Crippen LogP contribution is -2.81. The Morgan fingerprint density at radius 3 is 1.63 bits per heavy atom. The van der Waals surface area contributed by atoms with Gasteiger partial charge in [-0.2, -0.15) is 0 Å². The number of halogens is 1. The molecule has 0 aromatic heterocycles. The van der Waals surface area contributed by atoms with Crippen molar-refractivity contribution in [2.45, 2.75) is 20.8 Å². The average molecular weight is 406 g/mol. The Morgan fingerprint density at radius 2 is 1.10 bits per heavy atom. The minimum atomic E-state index is -3.57. The molecule has 0 atom stereocenters. The molecule has 1 heterocycles. The maximum Gasteiger partial charge on any atom is 0.338 e. The van der Waals surface area contributed by atoms with Gasteiger partial charge in [0.2, 0.25) is 6.71 Å². The Balaban J connectivity index is 1.87. The van der Waals surface area contributed by atoms with Crippen LogP contribution in [0.5, 0.6) is 0 Å². The average Bonchev–Trinajstić information content (AvgIpc) is 2.76. The molecule has 0 nitrogen and oxygen atoms in total. The normalized spacial score (nSPS) is 14.2. The van der Waals surface area contributed by atoms with Crippen molar-refractivity contribution in [3.63, 3.8) is 0 Å². The number of hydrogen-bond donors (Lipinski definition) is 0. The van der Waals surface area contributed by atoms with Crippen molar-refractivity contribution in [1.29, 1.82) is 0 Å². The van der Waals surface area contributed by atoms with E-state index in [0.717, 1.165) is 26.5 Å². The van der Waals surface area contributed by atoms with E-state index in [0.29, 0.717) is 0 Å². The van der Waals surface area contributed by atoms with Crippen LogP contribution in [0.3, 0.4) is 0 Å². The summed E-state index contributed by atoms with van der Waals surface area (Å²) in [6.07, 6.45) is 0. The van der Waals surface area contributed by atoms with Gasteiger partial charge in [0.1, 0.15) is 0 Å². The third-order valence-corrected chi connectivity index (χ3v) is 10.0. The number of rotatable bonds is 2. The summed E-state index contributed by atoms with van der Waals surface area (Å²) in [4.78, 5) is 0. The van der Waals surface area contributed by atoms with E-state index in [2.05, 4.69) is 57.2 Å². The van der Waals surface area contributed by atoms with Gasteiger partial charge in [-0.25, -0.2) is 0 Å². The number of fused-ring (bicyclic) bond motifs is 2. The zero-order chi connectivity index (χ0) is 20.9. The summed E-state index contributed by atoms with van der Waals surface area (Å²) in [5, 5.41) is 2.60. The van der Waals surface area contributed by atoms with Crippen LogP contribution >= 0.6 is 0 Å². The van der Waals surface area contributed by atoms with E-state index in [4.69, 9.17) is 0 Å².